The Morgan fingerprint density at radius 2 is 2.08 bits per heavy atom. The SMILES string of the molecule is CCOC(=NCCC[NH+]1CCOCC1)NC(=O)c1ccc2c(c1)OCO2. The van der Waals surface area contributed by atoms with Crippen molar-refractivity contribution in [1.82, 2.24) is 5.32 Å². The van der Waals surface area contributed by atoms with E-state index in [1.165, 1.54) is 4.90 Å². The van der Waals surface area contributed by atoms with Crippen molar-refractivity contribution in [3.05, 3.63) is 23.8 Å². The van der Waals surface area contributed by atoms with Gasteiger partial charge in [-0.15, -0.1) is 0 Å². The molecule has 3 rings (SSSR count). The Kier molecular flexibility index (Phi) is 6.68. The minimum Gasteiger partial charge on any atom is -0.465 e. The van der Waals surface area contributed by atoms with Gasteiger partial charge in [-0.05, 0) is 25.1 Å². The molecule has 0 atom stereocenters. The van der Waals surface area contributed by atoms with Gasteiger partial charge in [-0.3, -0.25) is 10.1 Å². The second-order valence-corrected chi connectivity index (χ2v) is 6.11. The smallest absolute Gasteiger partial charge is 0.291 e. The molecule has 2 heterocycles. The maximum absolute atomic E-state index is 12.4. The van der Waals surface area contributed by atoms with Crippen LogP contribution in [-0.2, 0) is 9.47 Å². The van der Waals surface area contributed by atoms with Crippen molar-refractivity contribution in [2.24, 2.45) is 4.99 Å². The van der Waals surface area contributed by atoms with Crippen LogP contribution in [0.15, 0.2) is 23.2 Å². The highest BCUT2D eigenvalue weighted by Crippen LogP contribution is 2.32. The molecular weight excluding hydrogens is 338 g/mol. The number of nitrogens with one attached hydrogen (secondary N) is 2. The van der Waals surface area contributed by atoms with Crippen LogP contribution in [-0.4, -0.2) is 64.7 Å². The zero-order chi connectivity index (χ0) is 18.2. The number of hydrogen-bond acceptors (Lipinski definition) is 6. The predicted octanol–water partition coefficient (Wildman–Crippen LogP) is -0.157. The molecule has 0 saturated carbocycles. The second kappa shape index (κ2) is 9.40. The summed E-state index contributed by atoms with van der Waals surface area (Å²) in [4.78, 5) is 18.4. The van der Waals surface area contributed by atoms with Gasteiger partial charge in [0.25, 0.3) is 11.9 Å². The van der Waals surface area contributed by atoms with Crippen LogP contribution in [0.2, 0.25) is 0 Å². The Morgan fingerprint density at radius 3 is 2.88 bits per heavy atom. The van der Waals surface area contributed by atoms with Gasteiger partial charge in [-0.1, -0.05) is 0 Å². The number of carbonyl (C=O) groups excluding carboxylic acids is 1. The fraction of sp³-hybridized carbons (Fsp3) is 0.556. The zero-order valence-corrected chi connectivity index (χ0v) is 15.1. The average Bonchev–Trinajstić information content (AvgIpc) is 3.14. The topological polar surface area (TPSA) is 82.8 Å². The van der Waals surface area contributed by atoms with Crippen LogP contribution in [0.3, 0.4) is 0 Å². The first kappa shape index (κ1) is 18.5. The molecule has 0 spiro atoms. The van der Waals surface area contributed by atoms with Crippen LogP contribution in [0.5, 0.6) is 11.5 Å². The second-order valence-electron chi connectivity index (χ2n) is 6.11. The van der Waals surface area contributed by atoms with E-state index in [0.29, 0.717) is 30.2 Å². The Morgan fingerprint density at radius 1 is 1.27 bits per heavy atom. The highest BCUT2D eigenvalue weighted by atomic mass is 16.7. The quantitative estimate of drug-likeness (QED) is 0.417. The van der Waals surface area contributed by atoms with E-state index in [0.717, 1.165) is 39.3 Å². The first-order valence-corrected chi connectivity index (χ1v) is 9.06. The van der Waals surface area contributed by atoms with Gasteiger partial charge >= 0.3 is 0 Å². The monoisotopic (exact) mass is 364 g/mol. The fourth-order valence-electron chi connectivity index (χ4n) is 2.88. The average molecular weight is 364 g/mol. The largest absolute Gasteiger partial charge is 0.465 e. The molecule has 0 radical (unpaired) electrons. The van der Waals surface area contributed by atoms with Crippen LogP contribution in [0.25, 0.3) is 0 Å². The minimum absolute atomic E-state index is 0.178. The number of amidine groups is 1. The van der Waals surface area contributed by atoms with Gasteiger partial charge in [0.15, 0.2) is 11.5 Å². The Labute approximate surface area is 153 Å². The van der Waals surface area contributed by atoms with E-state index in [4.69, 9.17) is 18.9 Å². The van der Waals surface area contributed by atoms with Crippen molar-refractivity contribution in [2.45, 2.75) is 13.3 Å². The normalized spacial score (nSPS) is 17.2. The molecule has 1 aromatic carbocycles. The summed E-state index contributed by atoms with van der Waals surface area (Å²) in [5.41, 5.74) is 0.472. The number of ether oxygens (including phenoxy) is 4. The highest BCUT2D eigenvalue weighted by molar-refractivity contribution is 6.04. The maximum Gasteiger partial charge on any atom is 0.291 e. The van der Waals surface area contributed by atoms with Crippen molar-refractivity contribution < 1.29 is 28.6 Å². The number of amides is 1. The molecule has 0 bridgehead atoms. The van der Waals surface area contributed by atoms with Crippen LogP contribution in [0, 0.1) is 0 Å². The number of benzene rings is 1. The van der Waals surface area contributed by atoms with Gasteiger partial charge < -0.3 is 23.8 Å². The summed E-state index contributed by atoms with van der Waals surface area (Å²) < 4.78 is 21.4. The number of hydrogen-bond donors (Lipinski definition) is 2. The number of carbonyl (C=O) groups is 1. The lowest BCUT2D eigenvalue weighted by atomic mass is 10.2. The number of quaternary nitrogens is 1. The minimum atomic E-state index is -0.283. The highest BCUT2D eigenvalue weighted by Gasteiger charge is 2.17. The third-order valence-corrected chi connectivity index (χ3v) is 4.28. The molecule has 1 amide bonds. The van der Waals surface area contributed by atoms with Gasteiger partial charge in [0.2, 0.25) is 6.79 Å². The summed E-state index contributed by atoms with van der Waals surface area (Å²) in [6.45, 7) is 7.88. The van der Waals surface area contributed by atoms with E-state index in [9.17, 15) is 4.79 Å². The predicted molar refractivity (Wildman–Crippen MR) is 95.0 cm³/mol. The van der Waals surface area contributed by atoms with Crippen molar-refractivity contribution in [3.8, 4) is 11.5 Å². The third-order valence-electron chi connectivity index (χ3n) is 4.28. The molecule has 0 aliphatic carbocycles. The number of fused-ring (bicyclic) bond motifs is 1. The first-order chi connectivity index (χ1) is 12.8. The zero-order valence-electron chi connectivity index (χ0n) is 15.1. The Bertz CT molecular complexity index is 644. The molecule has 8 nitrogen and oxygen atoms in total. The molecule has 2 N–H and O–H groups in total. The molecule has 26 heavy (non-hydrogen) atoms. The van der Waals surface area contributed by atoms with Crippen LogP contribution in [0.4, 0.5) is 0 Å². The van der Waals surface area contributed by atoms with E-state index in [1.54, 1.807) is 18.2 Å². The molecule has 0 unspecified atom stereocenters. The molecule has 1 saturated heterocycles. The summed E-state index contributed by atoms with van der Waals surface area (Å²) in [6.07, 6.45) is 0.936. The summed E-state index contributed by atoms with van der Waals surface area (Å²) in [7, 11) is 0. The number of morpholine rings is 1. The molecule has 1 fully saturated rings. The summed E-state index contributed by atoms with van der Waals surface area (Å²) >= 11 is 0. The summed E-state index contributed by atoms with van der Waals surface area (Å²) in [5, 5.41) is 2.73. The molecule has 8 heteroatoms. The lowest BCUT2D eigenvalue weighted by Crippen LogP contribution is -3.14. The Balaban J connectivity index is 1.50. The number of nitrogens with zero attached hydrogens (tertiary/aromatic N) is 1. The van der Waals surface area contributed by atoms with Crippen LogP contribution >= 0.6 is 0 Å². The van der Waals surface area contributed by atoms with Crippen molar-refractivity contribution in [1.29, 1.82) is 0 Å². The number of rotatable bonds is 6. The molecule has 2 aliphatic rings. The first-order valence-electron chi connectivity index (χ1n) is 9.06. The summed E-state index contributed by atoms with van der Waals surface area (Å²) in [6, 6.07) is 5.32. The summed E-state index contributed by atoms with van der Waals surface area (Å²) in [5.74, 6) is 0.932. The molecule has 0 aromatic heterocycles. The van der Waals surface area contributed by atoms with Gasteiger partial charge in [0.1, 0.15) is 13.1 Å². The third kappa shape index (κ3) is 5.09. The number of aliphatic imine (C=N–C) groups is 1. The fourth-order valence-corrected chi connectivity index (χ4v) is 2.88. The molecule has 2 aliphatic heterocycles. The molecule has 1 aromatic rings. The molecule has 142 valence electrons. The van der Waals surface area contributed by atoms with Crippen LogP contribution < -0.4 is 19.7 Å². The van der Waals surface area contributed by atoms with E-state index in [-0.39, 0.29) is 18.7 Å². The van der Waals surface area contributed by atoms with Crippen LogP contribution in [0.1, 0.15) is 23.7 Å². The lowest BCUT2D eigenvalue weighted by Gasteiger charge is -2.23. The maximum atomic E-state index is 12.4. The van der Waals surface area contributed by atoms with Gasteiger partial charge in [-0.25, -0.2) is 4.99 Å². The standard InChI is InChI=1S/C18H25N3O5/c1-2-24-18(19-6-3-7-21-8-10-23-11-9-21)20-17(22)14-4-5-15-16(12-14)26-13-25-15/h4-5,12H,2-3,6-11,13H2,1H3,(H,19,20,22)/p+1. The van der Waals surface area contributed by atoms with Crippen molar-refractivity contribution in [3.63, 3.8) is 0 Å². The van der Waals surface area contributed by atoms with Gasteiger partial charge in [0.05, 0.1) is 26.4 Å². The van der Waals surface area contributed by atoms with E-state index in [2.05, 4.69) is 10.3 Å². The molecular formula is C18H26N3O5+. The van der Waals surface area contributed by atoms with Crippen molar-refractivity contribution >= 4 is 11.9 Å². The van der Waals surface area contributed by atoms with E-state index < -0.39 is 0 Å². The lowest BCUT2D eigenvalue weighted by molar-refractivity contribution is -0.908. The van der Waals surface area contributed by atoms with E-state index in [1.807, 2.05) is 6.92 Å². The Hall–Kier alpha value is -2.32. The van der Waals surface area contributed by atoms with E-state index >= 15 is 0 Å². The van der Waals surface area contributed by atoms with Gasteiger partial charge in [0, 0.05) is 18.5 Å². The van der Waals surface area contributed by atoms with Crippen molar-refractivity contribution in [2.75, 3.05) is 52.8 Å². The van der Waals surface area contributed by atoms with Gasteiger partial charge in [-0.2, -0.15) is 0 Å².